The Morgan fingerprint density at radius 1 is 1.36 bits per heavy atom. The average molecular weight is 367 g/mol. The summed E-state index contributed by atoms with van der Waals surface area (Å²) in [5, 5.41) is 0.258. The van der Waals surface area contributed by atoms with Gasteiger partial charge >= 0.3 is 6.16 Å². The van der Waals surface area contributed by atoms with Crippen LogP contribution >= 0.6 is 11.6 Å². The summed E-state index contributed by atoms with van der Waals surface area (Å²) in [7, 11) is 0. The lowest BCUT2D eigenvalue weighted by Gasteiger charge is -2.35. The van der Waals surface area contributed by atoms with Crippen LogP contribution in [0.25, 0.3) is 0 Å². The van der Waals surface area contributed by atoms with Crippen molar-refractivity contribution in [2.75, 3.05) is 6.61 Å². The lowest BCUT2D eigenvalue weighted by molar-refractivity contribution is 0.0856. The summed E-state index contributed by atoms with van der Waals surface area (Å²) >= 11 is 5.64. The van der Waals surface area contributed by atoms with Crippen LogP contribution in [-0.2, 0) is 9.47 Å². The van der Waals surface area contributed by atoms with E-state index in [9.17, 15) is 4.79 Å². The number of carbonyl (C=O) groups is 1. The zero-order valence-corrected chi connectivity index (χ0v) is 17.0. The van der Waals surface area contributed by atoms with Gasteiger partial charge in [0.15, 0.2) is 0 Å². The third-order valence-electron chi connectivity index (χ3n) is 4.13. The molecule has 0 atom stereocenters. The average Bonchev–Trinajstić information content (AvgIpc) is 2.42. The SMILES string of the molecule is C=C(C)CCC1=C(OC(=O)OCC(=C)Cl)C=C(CC(C)C)CC1(C)C. The second-order valence-corrected chi connectivity index (χ2v) is 8.45. The molecule has 0 fully saturated rings. The monoisotopic (exact) mass is 366 g/mol. The van der Waals surface area contributed by atoms with Crippen LogP contribution in [0.1, 0.15) is 60.3 Å². The lowest BCUT2D eigenvalue weighted by atomic mass is 9.71. The smallest absolute Gasteiger partial charge is 0.428 e. The summed E-state index contributed by atoms with van der Waals surface area (Å²) in [6.45, 7) is 18.2. The van der Waals surface area contributed by atoms with Crippen molar-refractivity contribution in [3.8, 4) is 0 Å². The number of allylic oxidation sites excluding steroid dienone is 4. The van der Waals surface area contributed by atoms with Gasteiger partial charge in [0, 0.05) is 5.03 Å². The van der Waals surface area contributed by atoms with Gasteiger partial charge in [-0.05, 0) is 55.6 Å². The second-order valence-electron chi connectivity index (χ2n) is 7.92. The third-order valence-corrected chi connectivity index (χ3v) is 4.24. The minimum Gasteiger partial charge on any atom is -0.428 e. The maximum Gasteiger partial charge on any atom is 0.514 e. The number of carbonyl (C=O) groups excluding carboxylic acids is 1. The van der Waals surface area contributed by atoms with Crippen LogP contribution in [0.4, 0.5) is 4.79 Å². The van der Waals surface area contributed by atoms with Crippen molar-refractivity contribution >= 4 is 17.8 Å². The number of ether oxygens (including phenoxy) is 2. The predicted octanol–water partition coefficient (Wildman–Crippen LogP) is 6.90. The molecule has 0 amide bonds. The molecular weight excluding hydrogens is 336 g/mol. The van der Waals surface area contributed by atoms with E-state index in [1.165, 1.54) is 5.57 Å². The first-order valence-electron chi connectivity index (χ1n) is 8.76. The fraction of sp³-hybridized carbons (Fsp3) is 0.571. The van der Waals surface area contributed by atoms with E-state index in [1.54, 1.807) is 0 Å². The number of halogens is 1. The Morgan fingerprint density at radius 2 is 2.00 bits per heavy atom. The van der Waals surface area contributed by atoms with E-state index in [2.05, 4.69) is 40.9 Å². The normalized spacial score (nSPS) is 16.5. The molecule has 4 heteroatoms. The molecule has 0 heterocycles. The minimum absolute atomic E-state index is 0.0548. The Balaban J connectivity index is 3.10. The molecule has 1 aliphatic rings. The standard InChI is InChI=1S/C21H31ClO3/c1-14(2)8-9-18-19(25-20(23)24-13-16(5)22)11-17(10-15(3)4)12-21(18,6)7/h11,15H,1,5,8-10,12-13H2,2-4,6-7H3. The molecule has 1 aliphatic carbocycles. The summed E-state index contributed by atoms with van der Waals surface area (Å²) in [6, 6.07) is 0. The maximum atomic E-state index is 12.0. The molecule has 0 radical (unpaired) electrons. The fourth-order valence-corrected chi connectivity index (χ4v) is 3.19. The van der Waals surface area contributed by atoms with Gasteiger partial charge in [0.2, 0.25) is 0 Å². The number of rotatable bonds is 8. The molecule has 1 rings (SSSR count). The van der Waals surface area contributed by atoms with Crippen molar-refractivity contribution in [1.82, 2.24) is 0 Å². The molecule has 0 saturated carbocycles. The van der Waals surface area contributed by atoms with Crippen molar-refractivity contribution in [1.29, 1.82) is 0 Å². The first-order valence-corrected chi connectivity index (χ1v) is 9.14. The largest absolute Gasteiger partial charge is 0.514 e. The van der Waals surface area contributed by atoms with Crippen LogP contribution in [0.3, 0.4) is 0 Å². The summed E-state index contributed by atoms with van der Waals surface area (Å²) in [6.07, 6.45) is 4.90. The molecule has 0 unspecified atom stereocenters. The predicted molar refractivity (Wildman–Crippen MR) is 104 cm³/mol. The van der Waals surface area contributed by atoms with E-state index >= 15 is 0 Å². The van der Waals surface area contributed by atoms with Crippen molar-refractivity contribution in [2.24, 2.45) is 11.3 Å². The molecule has 0 aromatic carbocycles. The molecular formula is C21H31ClO3. The topological polar surface area (TPSA) is 35.5 Å². The molecule has 0 aromatic rings. The van der Waals surface area contributed by atoms with Crippen molar-refractivity contribution < 1.29 is 14.3 Å². The first kappa shape index (κ1) is 21.6. The van der Waals surface area contributed by atoms with E-state index in [-0.39, 0.29) is 17.1 Å². The van der Waals surface area contributed by atoms with Crippen molar-refractivity contribution in [3.63, 3.8) is 0 Å². The molecule has 0 N–H and O–H groups in total. The highest BCUT2D eigenvalue weighted by molar-refractivity contribution is 6.29. The summed E-state index contributed by atoms with van der Waals surface area (Å²) in [4.78, 5) is 12.0. The second kappa shape index (κ2) is 9.28. The van der Waals surface area contributed by atoms with Crippen LogP contribution in [0, 0.1) is 11.3 Å². The van der Waals surface area contributed by atoms with Gasteiger partial charge in [-0.25, -0.2) is 4.79 Å². The Bertz CT molecular complexity index is 594. The van der Waals surface area contributed by atoms with Crippen LogP contribution in [0.2, 0.25) is 0 Å². The summed E-state index contributed by atoms with van der Waals surface area (Å²) in [5.74, 6) is 1.16. The van der Waals surface area contributed by atoms with Gasteiger partial charge in [0.25, 0.3) is 0 Å². The number of hydrogen-bond acceptors (Lipinski definition) is 3. The van der Waals surface area contributed by atoms with E-state index in [0.717, 1.165) is 36.8 Å². The Labute approximate surface area is 157 Å². The van der Waals surface area contributed by atoms with Gasteiger partial charge in [-0.3, -0.25) is 0 Å². The third kappa shape index (κ3) is 7.52. The van der Waals surface area contributed by atoms with E-state index < -0.39 is 6.16 Å². The van der Waals surface area contributed by atoms with Gasteiger partial charge in [-0.1, -0.05) is 57.0 Å². The van der Waals surface area contributed by atoms with Crippen LogP contribution in [0.5, 0.6) is 0 Å². The minimum atomic E-state index is -0.748. The molecule has 3 nitrogen and oxygen atoms in total. The molecule has 25 heavy (non-hydrogen) atoms. The van der Waals surface area contributed by atoms with Crippen molar-refractivity contribution in [2.45, 2.75) is 60.3 Å². The van der Waals surface area contributed by atoms with Crippen molar-refractivity contribution in [3.05, 3.63) is 46.7 Å². The zero-order chi connectivity index (χ0) is 19.2. The summed E-state index contributed by atoms with van der Waals surface area (Å²) < 4.78 is 10.5. The Morgan fingerprint density at radius 3 is 2.52 bits per heavy atom. The van der Waals surface area contributed by atoms with E-state index in [4.69, 9.17) is 21.1 Å². The van der Waals surface area contributed by atoms with Gasteiger partial charge in [-0.15, -0.1) is 6.58 Å². The molecule has 0 bridgehead atoms. The lowest BCUT2D eigenvalue weighted by Crippen LogP contribution is -2.24. The Hall–Kier alpha value is -1.48. The first-order chi connectivity index (χ1) is 11.5. The van der Waals surface area contributed by atoms with E-state index in [0.29, 0.717) is 11.7 Å². The molecule has 0 spiro atoms. The maximum absolute atomic E-state index is 12.0. The van der Waals surface area contributed by atoms with E-state index in [1.807, 2.05) is 13.0 Å². The van der Waals surface area contributed by atoms with Crippen LogP contribution in [-0.4, -0.2) is 12.8 Å². The summed E-state index contributed by atoms with van der Waals surface area (Å²) in [5.41, 5.74) is 3.47. The molecule has 0 saturated heterocycles. The quantitative estimate of drug-likeness (QED) is 0.346. The van der Waals surface area contributed by atoms with Crippen LogP contribution < -0.4 is 0 Å². The Kier molecular flexibility index (Phi) is 8.01. The van der Waals surface area contributed by atoms with Gasteiger partial charge < -0.3 is 9.47 Å². The molecule has 140 valence electrons. The van der Waals surface area contributed by atoms with Gasteiger partial charge in [-0.2, -0.15) is 0 Å². The highest BCUT2D eigenvalue weighted by Gasteiger charge is 2.32. The van der Waals surface area contributed by atoms with Crippen LogP contribution in [0.15, 0.2) is 46.7 Å². The zero-order valence-electron chi connectivity index (χ0n) is 16.2. The molecule has 0 aromatic heterocycles. The highest BCUT2D eigenvalue weighted by Crippen LogP contribution is 2.44. The van der Waals surface area contributed by atoms with Gasteiger partial charge in [0.1, 0.15) is 12.4 Å². The molecule has 0 aliphatic heterocycles. The highest BCUT2D eigenvalue weighted by atomic mass is 35.5. The number of hydrogen-bond donors (Lipinski definition) is 0. The fourth-order valence-electron chi connectivity index (χ4n) is 3.13. The van der Waals surface area contributed by atoms with Gasteiger partial charge in [0.05, 0.1) is 0 Å².